The molecule has 0 N–H and O–H groups in total. The lowest BCUT2D eigenvalue weighted by Crippen LogP contribution is -1.93. The average Bonchev–Trinajstić information content (AvgIpc) is 2.17. The van der Waals surface area contributed by atoms with Gasteiger partial charge in [-0.05, 0) is 25.0 Å². The van der Waals surface area contributed by atoms with Gasteiger partial charge in [0.15, 0.2) is 6.07 Å². The summed E-state index contributed by atoms with van der Waals surface area (Å²) < 4.78 is 18.3. The Bertz CT molecular complexity index is 423. The van der Waals surface area contributed by atoms with Gasteiger partial charge in [0.05, 0.1) is 12.2 Å². The summed E-state index contributed by atoms with van der Waals surface area (Å²) in [6, 6.07) is 5.99. The van der Waals surface area contributed by atoms with Gasteiger partial charge in [-0.3, -0.25) is 0 Å². The monoisotopic (exact) mass is 189 g/mol. The third kappa shape index (κ3) is 2.50. The molecule has 0 fully saturated rings. The van der Waals surface area contributed by atoms with Gasteiger partial charge in [0.25, 0.3) is 0 Å². The summed E-state index contributed by atoms with van der Waals surface area (Å²) in [7, 11) is 0. The average molecular weight is 189 g/mol. The van der Waals surface area contributed by atoms with Gasteiger partial charge in [0.2, 0.25) is 0 Å². The van der Waals surface area contributed by atoms with Crippen molar-refractivity contribution < 1.29 is 9.13 Å². The molecule has 70 valence electrons. The molecule has 1 aromatic carbocycles. The highest BCUT2D eigenvalue weighted by atomic mass is 19.1. The molecule has 0 radical (unpaired) electrons. The van der Waals surface area contributed by atoms with E-state index in [1.807, 2.05) is 6.92 Å². The quantitative estimate of drug-likeness (QED) is 0.667. The minimum atomic E-state index is -0.473. The van der Waals surface area contributed by atoms with E-state index in [-0.39, 0.29) is 5.56 Å². The summed E-state index contributed by atoms with van der Waals surface area (Å²) in [6.07, 6.45) is 0. The molecule has 0 aliphatic rings. The van der Waals surface area contributed by atoms with Gasteiger partial charge < -0.3 is 4.74 Å². The lowest BCUT2D eigenvalue weighted by molar-refractivity contribution is 0.338. The second-order valence-corrected chi connectivity index (χ2v) is 2.44. The first kappa shape index (κ1) is 10.1. The molecule has 1 aromatic rings. The van der Waals surface area contributed by atoms with Crippen LogP contribution < -0.4 is 4.74 Å². The van der Waals surface area contributed by atoms with Crippen LogP contribution in [0.1, 0.15) is 12.5 Å². The summed E-state index contributed by atoms with van der Waals surface area (Å²) in [6.45, 7) is 2.31. The number of ether oxygens (including phenoxy) is 1. The van der Waals surface area contributed by atoms with Gasteiger partial charge in [0, 0.05) is 12.0 Å². The van der Waals surface area contributed by atoms with Crippen LogP contribution in [0.15, 0.2) is 18.2 Å². The van der Waals surface area contributed by atoms with E-state index in [1.54, 1.807) is 12.1 Å². The molecule has 0 unspecified atom stereocenters. The highest BCUT2D eigenvalue weighted by Crippen LogP contribution is 2.15. The third-order valence-corrected chi connectivity index (χ3v) is 1.50. The zero-order valence-electron chi connectivity index (χ0n) is 7.67. The molecule has 1 rings (SSSR count). The first-order valence-corrected chi connectivity index (χ1v) is 4.10. The second kappa shape index (κ2) is 4.89. The number of benzene rings is 1. The van der Waals surface area contributed by atoms with E-state index >= 15 is 0 Å². The molecule has 0 heterocycles. The van der Waals surface area contributed by atoms with E-state index in [1.165, 1.54) is 12.1 Å². The Balaban J connectivity index is 2.96. The van der Waals surface area contributed by atoms with Gasteiger partial charge in [0.1, 0.15) is 11.6 Å². The van der Waals surface area contributed by atoms with Crippen LogP contribution in [0.5, 0.6) is 5.75 Å². The Morgan fingerprint density at radius 2 is 2.29 bits per heavy atom. The highest BCUT2D eigenvalue weighted by molar-refractivity contribution is 5.41. The molecule has 14 heavy (non-hydrogen) atoms. The minimum absolute atomic E-state index is 0.204. The Morgan fingerprint density at radius 1 is 1.50 bits per heavy atom. The molecule has 2 nitrogen and oxygen atoms in total. The molecule has 0 aliphatic carbocycles. The van der Waals surface area contributed by atoms with Crippen molar-refractivity contribution >= 4 is 0 Å². The first-order chi connectivity index (χ1) is 6.77. The smallest absolute Gasteiger partial charge is 0.152 e. The van der Waals surface area contributed by atoms with Gasteiger partial charge in [-0.25, -0.2) is 4.39 Å². The van der Waals surface area contributed by atoms with Crippen LogP contribution in [-0.2, 0) is 0 Å². The molecule has 0 atom stereocenters. The van der Waals surface area contributed by atoms with Crippen molar-refractivity contribution in [3.05, 3.63) is 29.6 Å². The van der Waals surface area contributed by atoms with Crippen LogP contribution in [0.3, 0.4) is 0 Å². The number of hydrogen-bond acceptors (Lipinski definition) is 2. The van der Waals surface area contributed by atoms with Gasteiger partial charge >= 0.3 is 0 Å². The summed E-state index contributed by atoms with van der Waals surface area (Å²) in [5.41, 5.74) is 0.204. The number of nitrogens with zero attached hydrogens (tertiary/aromatic N) is 1. The Hall–Kier alpha value is -2.00. The van der Waals surface area contributed by atoms with Crippen molar-refractivity contribution in [2.75, 3.05) is 6.61 Å². The fourth-order valence-electron chi connectivity index (χ4n) is 0.949. The molecule has 0 aliphatic heterocycles. The normalized spacial score (nSPS) is 8.36. The highest BCUT2D eigenvalue weighted by Gasteiger charge is 2.00. The summed E-state index contributed by atoms with van der Waals surface area (Å²) >= 11 is 0. The van der Waals surface area contributed by atoms with E-state index in [0.717, 1.165) is 0 Å². The van der Waals surface area contributed by atoms with Gasteiger partial charge in [-0.1, -0.05) is 0 Å². The van der Waals surface area contributed by atoms with Crippen LogP contribution in [0.25, 0.3) is 0 Å². The molecule has 0 saturated carbocycles. The maximum Gasteiger partial charge on any atom is 0.152 e. The number of hydrogen-bond donors (Lipinski definition) is 0. The number of nitriles is 1. The van der Waals surface area contributed by atoms with Crippen LogP contribution in [0.2, 0.25) is 0 Å². The van der Waals surface area contributed by atoms with Gasteiger partial charge in [-0.2, -0.15) is 5.26 Å². The predicted octanol–water partition coefficient (Wildman–Crippen LogP) is 2.10. The molecule has 3 heteroatoms. The first-order valence-electron chi connectivity index (χ1n) is 4.10. The van der Waals surface area contributed by atoms with Crippen molar-refractivity contribution in [3.8, 4) is 23.7 Å². The Morgan fingerprint density at radius 3 is 2.86 bits per heavy atom. The lowest BCUT2D eigenvalue weighted by atomic mass is 10.2. The van der Waals surface area contributed by atoms with Crippen LogP contribution >= 0.6 is 0 Å². The molecular weight excluding hydrogens is 181 g/mol. The van der Waals surface area contributed by atoms with E-state index in [2.05, 4.69) is 11.8 Å². The standard InChI is InChI=1S/C11H8FNO/c1-2-14-10-6-5-9(4-3-7-13)11(12)8-10/h5-6,8H,2H2,1H3. The Kier molecular flexibility index (Phi) is 3.52. The van der Waals surface area contributed by atoms with Crippen LogP contribution in [0, 0.1) is 29.0 Å². The third-order valence-electron chi connectivity index (χ3n) is 1.50. The SMILES string of the molecule is CCOc1ccc(C#CC#N)c(F)c1. The van der Waals surface area contributed by atoms with Crippen molar-refractivity contribution in [1.29, 1.82) is 5.26 Å². The summed E-state index contributed by atoms with van der Waals surface area (Å²) in [5.74, 6) is 4.51. The summed E-state index contributed by atoms with van der Waals surface area (Å²) in [4.78, 5) is 0. The number of halogens is 1. The van der Waals surface area contributed by atoms with E-state index in [0.29, 0.717) is 12.4 Å². The topological polar surface area (TPSA) is 33.0 Å². The minimum Gasteiger partial charge on any atom is -0.494 e. The summed E-state index contributed by atoms with van der Waals surface area (Å²) in [5, 5.41) is 8.19. The van der Waals surface area contributed by atoms with Crippen molar-refractivity contribution in [2.45, 2.75) is 6.92 Å². The molecule has 0 spiro atoms. The Labute approximate surface area is 81.9 Å². The van der Waals surface area contributed by atoms with Gasteiger partial charge in [-0.15, -0.1) is 0 Å². The molecule has 0 bridgehead atoms. The van der Waals surface area contributed by atoms with Crippen molar-refractivity contribution in [2.24, 2.45) is 0 Å². The predicted molar refractivity (Wildman–Crippen MR) is 50.1 cm³/mol. The van der Waals surface area contributed by atoms with E-state index in [4.69, 9.17) is 10.00 Å². The maximum atomic E-state index is 13.2. The maximum absolute atomic E-state index is 13.2. The molecular formula is C11H8FNO. The fraction of sp³-hybridized carbons (Fsp3) is 0.182. The van der Waals surface area contributed by atoms with Crippen molar-refractivity contribution in [1.82, 2.24) is 0 Å². The van der Waals surface area contributed by atoms with E-state index in [9.17, 15) is 4.39 Å². The number of rotatable bonds is 2. The molecule has 0 aromatic heterocycles. The molecule has 0 saturated heterocycles. The fourth-order valence-corrected chi connectivity index (χ4v) is 0.949. The van der Waals surface area contributed by atoms with Crippen LogP contribution in [0.4, 0.5) is 4.39 Å². The van der Waals surface area contributed by atoms with Crippen molar-refractivity contribution in [3.63, 3.8) is 0 Å². The zero-order valence-corrected chi connectivity index (χ0v) is 7.67. The lowest BCUT2D eigenvalue weighted by Gasteiger charge is -2.02. The second-order valence-electron chi connectivity index (χ2n) is 2.44. The van der Waals surface area contributed by atoms with E-state index < -0.39 is 5.82 Å². The van der Waals surface area contributed by atoms with Crippen LogP contribution in [-0.4, -0.2) is 6.61 Å². The molecule has 0 amide bonds. The zero-order chi connectivity index (χ0) is 10.4. The largest absolute Gasteiger partial charge is 0.494 e.